The molecule has 1 saturated carbocycles. The zero-order valence-electron chi connectivity index (χ0n) is 11.4. The zero-order valence-corrected chi connectivity index (χ0v) is 11.4. The van der Waals surface area contributed by atoms with E-state index >= 15 is 0 Å². The molecule has 0 bridgehead atoms. The van der Waals surface area contributed by atoms with Crippen LogP contribution in [-0.4, -0.2) is 19.2 Å². The lowest BCUT2D eigenvalue weighted by molar-refractivity contribution is -0.137. The maximum absolute atomic E-state index is 12.4. The van der Waals surface area contributed by atoms with Gasteiger partial charge in [-0.1, -0.05) is 0 Å². The molecule has 0 unspecified atom stereocenters. The van der Waals surface area contributed by atoms with Crippen molar-refractivity contribution in [2.45, 2.75) is 44.3 Å². The number of hydrogen-bond donors (Lipinski definition) is 1. The number of ether oxygens (including phenoxy) is 1. The third-order valence-corrected chi connectivity index (χ3v) is 3.28. The second kappa shape index (κ2) is 6.97. The van der Waals surface area contributed by atoms with Gasteiger partial charge in [-0.05, 0) is 62.9 Å². The van der Waals surface area contributed by atoms with Crippen molar-refractivity contribution in [3.8, 4) is 5.75 Å². The van der Waals surface area contributed by atoms with E-state index in [1.807, 2.05) is 0 Å². The van der Waals surface area contributed by atoms with Crippen molar-refractivity contribution in [1.29, 1.82) is 0 Å². The number of rotatable bonds is 8. The van der Waals surface area contributed by atoms with Gasteiger partial charge in [0.05, 0.1) is 12.2 Å². The Labute approximate surface area is 117 Å². The number of unbranched alkanes of at least 4 members (excludes halogenated alkanes) is 2. The van der Waals surface area contributed by atoms with E-state index in [4.69, 9.17) is 4.74 Å². The van der Waals surface area contributed by atoms with Crippen molar-refractivity contribution in [3.63, 3.8) is 0 Å². The third kappa shape index (κ3) is 5.41. The molecule has 112 valence electrons. The highest BCUT2D eigenvalue weighted by atomic mass is 19.4. The first-order valence-corrected chi connectivity index (χ1v) is 7.09. The fourth-order valence-corrected chi connectivity index (χ4v) is 1.93. The molecular weight excluding hydrogens is 267 g/mol. The van der Waals surface area contributed by atoms with Gasteiger partial charge < -0.3 is 10.1 Å². The molecule has 0 amide bonds. The van der Waals surface area contributed by atoms with E-state index in [0.717, 1.165) is 44.0 Å². The molecule has 0 heterocycles. The van der Waals surface area contributed by atoms with Crippen LogP contribution in [0.3, 0.4) is 0 Å². The Kier molecular flexibility index (Phi) is 5.29. The lowest BCUT2D eigenvalue weighted by Crippen LogP contribution is -2.17. The van der Waals surface area contributed by atoms with Gasteiger partial charge in [0.1, 0.15) is 5.75 Å². The van der Waals surface area contributed by atoms with Crippen LogP contribution in [0.1, 0.15) is 37.7 Å². The van der Waals surface area contributed by atoms with E-state index in [2.05, 4.69) is 5.32 Å². The third-order valence-electron chi connectivity index (χ3n) is 3.28. The molecule has 1 aromatic carbocycles. The minimum absolute atomic E-state index is 0.495. The molecule has 20 heavy (non-hydrogen) atoms. The first-order chi connectivity index (χ1) is 9.55. The molecule has 5 heteroatoms. The van der Waals surface area contributed by atoms with Crippen LogP contribution in [-0.2, 0) is 6.18 Å². The highest BCUT2D eigenvalue weighted by Crippen LogP contribution is 2.30. The summed E-state index contributed by atoms with van der Waals surface area (Å²) in [7, 11) is 0. The maximum atomic E-state index is 12.4. The molecule has 1 N–H and O–H groups in total. The molecule has 1 fully saturated rings. The number of nitrogens with one attached hydrogen (secondary N) is 1. The van der Waals surface area contributed by atoms with Gasteiger partial charge in [-0.2, -0.15) is 13.2 Å². The van der Waals surface area contributed by atoms with Crippen molar-refractivity contribution < 1.29 is 17.9 Å². The topological polar surface area (TPSA) is 21.3 Å². The Morgan fingerprint density at radius 1 is 1.05 bits per heavy atom. The lowest BCUT2D eigenvalue weighted by Gasteiger charge is -2.09. The minimum Gasteiger partial charge on any atom is -0.494 e. The fraction of sp³-hybridized carbons (Fsp3) is 0.600. The van der Waals surface area contributed by atoms with Crippen LogP contribution in [0.5, 0.6) is 5.75 Å². The first kappa shape index (κ1) is 15.2. The van der Waals surface area contributed by atoms with E-state index in [1.165, 1.54) is 25.0 Å². The number of halogens is 3. The van der Waals surface area contributed by atoms with Gasteiger partial charge in [0.15, 0.2) is 0 Å². The van der Waals surface area contributed by atoms with Crippen molar-refractivity contribution in [2.75, 3.05) is 13.2 Å². The smallest absolute Gasteiger partial charge is 0.416 e. The van der Waals surface area contributed by atoms with Gasteiger partial charge in [0, 0.05) is 6.04 Å². The summed E-state index contributed by atoms with van der Waals surface area (Å²) >= 11 is 0. The number of hydrogen-bond acceptors (Lipinski definition) is 2. The monoisotopic (exact) mass is 287 g/mol. The molecule has 2 nitrogen and oxygen atoms in total. The maximum Gasteiger partial charge on any atom is 0.416 e. The van der Waals surface area contributed by atoms with E-state index < -0.39 is 11.7 Å². The Morgan fingerprint density at radius 2 is 1.75 bits per heavy atom. The Balaban J connectivity index is 1.56. The Bertz CT molecular complexity index is 399. The molecule has 0 aliphatic heterocycles. The van der Waals surface area contributed by atoms with Crippen LogP contribution in [0, 0.1) is 0 Å². The SMILES string of the molecule is FC(F)(F)c1ccc(OCCCCCNC2CC2)cc1. The lowest BCUT2D eigenvalue weighted by atomic mass is 10.2. The van der Waals surface area contributed by atoms with Crippen LogP contribution >= 0.6 is 0 Å². The predicted molar refractivity (Wildman–Crippen MR) is 71.8 cm³/mol. The molecule has 0 atom stereocenters. The second-order valence-electron chi connectivity index (χ2n) is 5.16. The fourth-order valence-electron chi connectivity index (χ4n) is 1.93. The molecule has 1 aliphatic carbocycles. The molecule has 2 rings (SSSR count). The minimum atomic E-state index is -4.28. The van der Waals surface area contributed by atoms with E-state index in [0.29, 0.717) is 12.4 Å². The first-order valence-electron chi connectivity index (χ1n) is 7.09. The van der Waals surface area contributed by atoms with Crippen LogP contribution in [0.2, 0.25) is 0 Å². The van der Waals surface area contributed by atoms with Gasteiger partial charge >= 0.3 is 6.18 Å². The largest absolute Gasteiger partial charge is 0.494 e. The summed E-state index contributed by atoms with van der Waals surface area (Å²) < 4.78 is 42.5. The van der Waals surface area contributed by atoms with Crippen LogP contribution in [0.4, 0.5) is 13.2 Å². The highest BCUT2D eigenvalue weighted by Gasteiger charge is 2.29. The van der Waals surface area contributed by atoms with Crippen LogP contribution < -0.4 is 10.1 Å². The number of benzene rings is 1. The van der Waals surface area contributed by atoms with Crippen LogP contribution in [0.25, 0.3) is 0 Å². The van der Waals surface area contributed by atoms with Crippen molar-refractivity contribution >= 4 is 0 Å². The van der Waals surface area contributed by atoms with Crippen molar-refractivity contribution in [2.24, 2.45) is 0 Å². The van der Waals surface area contributed by atoms with Gasteiger partial charge in [-0.15, -0.1) is 0 Å². The van der Waals surface area contributed by atoms with E-state index in [-0.39, 0.29) is 0 Å². The summed E-state index contributed by atoms with van der Waals surface area (Å²) in [4.78, 5) is 0. The van der Waals surface area contributed by atoms with Gasteiger partial charge in [0.2, 0.25) is 0 Å². The molecule has 1 aromatic rings. The average Bonchev–Trinajstić information content (AvgIpc) is 3.21. The molecule has 0 radical (unpaired) electrons. The Morgan fingerprint density at radius 3 is 2.35 bits per heavy atom. The van der Waals surface area contributed by atoms with E-state index in [1.54, 1.807) is 0 Å². The standard InChI is InChI=1S/C15H20F3NO/c16-15(17,18)12-4-8-14(9-5-12)20-11-3-1-2-10-19-13-6-7-13/h4-5,8-9,13,19H,1-3,6-7,10-11H2. The van der Waals surface area contributed by atoms with Crippen molar-refractivity contribution in [3.05, 3.63) is 29.8 Å². The molecule has 0 aromatic heterocycles. The summed E-state index contributed by atoms with van der Waals surface area (Å²) in [5.74, 6) is 0.495. The van der Waals surface area contributed by atoms with E-state index in [9.17, 15) is 13.2 Å². The molecular formula is C15H20F3NO. The van der Waals surface area contributed by atoms with Gasteiger partial charge in [0.25, 0.3) is 0 Å². The van der Waals surface area contributed by atoms with Crippen LogP contribution in [0.15, 0.2) is 24.3 Å². The molecule has 0 spiro atoms. The summed E-state index contributed by atoms with van der Waals surface area (Å²) in [6.45, 7) is 1.60. The second-order valence-corrected chi connectivity index (χ2v) is 5.16. The quantitative estimate of drug-likeness (QED) is 0.729. The molecule has 0 saturated heterocycles. The zero-order chi connectivity index (χ0) is 14.4. The Hall–Kier alpha value is -1.23. The molecule has 1 aliphatic rings. The normalized spacial score (nSPS) is 15.3. The summed E-state index contributed by atoms with van der Waals surface area (Å²) in [5.41, 5.74) is -0.643. The highest BCUT2D eigenvalue weighted by molar-refractivity contribution is 5.28. The number of alkyl halides is 3. The predicted octanol–water partition coefficient (Wildman–Crippen LogP) is 4.01. The van der Waals surface area contributed by atoms with Gasteiger partial charge in [-0.3, -0.25) is 0 Å². The summed E-state index contributed by atoms with van der Waals surface area (Å²) in [6.07, 6.45) is 1.43. The average molecular weight is 287 g/mol. The summed E-state index contributed by atoms with van der Waals surface area (Å²) in [5, 5.41) is 3.44. The van der Waals surface area contributed by atoms with Gasteiger partial charge in [-0.25, -0.2) is 0 Å². The van der Waals surface area contributed by atoms with Crippen molar-refractivity contribution in [1.82, 2.24) is 5.32 Å². The summed E-state index contributed by atoms with van der Waals surface area (Å²) in [6, 6.07) is 5.59.